The van der Waals surface area contributed by atoms with E-state index >= 15 is 0 Å². The lowest BCUT2D eigenvalue weighted by molar-refractivity contribution is -0.121. The average Bonchev–Trinajstić information content (AvgIpc) is 2.97. The Balaban J connectivity index is 1.63. The first-order valence-electron chi connectivity index (χ1n) is 9.53. The first-order valence-corrected chi connectivity index (χ1v) is 11.0. The van der Waals surface area contributed by atoms with E-state index in [1.165, 1.54) is 19.2 Å². The minimum atomic E-state index is -3.76. The number of nitrogens with one attached hydrogen (secondary N) is 1. The number of hydrazone groups is 1. The quantitative estimate of drug-likeness (QED) is 0.559. The predicted octanol–water partition coefficient (Wildman–Crippen LogP) is 2.32. The third kappa shape index (κ3) is 5.17. The minimum absolute atomic E-state index is 0.135. The molecule has 0 fully saturated rings. The van der Waals surface area contributed by atoms with Gasteiger partial charge in [0.15, 0.2) is 11.5 Å². The minimum Gasteiger partial charge on any atom is -0.490 e. The Morgan fingerprint density at radius 2 is 1.77 bits per heavy atom. The van der Waals surface area contributed by atoms with Crippen LogP contribution < -0.4 is 14.9 Å². The molecule has 3 rings (SSSR count). The molecule has 9 heteroatoms. The molecule has 0 radical (unpaired) electrons. The Morgan fingerprint density at radius 1 is 1.10 bits per heavy atom. The van der Waals surface area contributed by atoms with Gasteiger partial charge in [-0.25, -0.2) is 13.8 Å². The number of aryl methyl sites for hydroxylation is 1. The molecular weight excluding hydrogens is 406 g/mol. The van der Waals surface area contributed by atoms with Crippen molar-refractivity contribution in [2.24, 2.45) is 5.10 Å². The van der Waals surface area contributed by atoms with Gasteiger partial charge < -0.3 is 9.47 Å². The maximum Gasteiger partial charge on any atom is 0.255 e. The van der Waals surface area contributed by atoms with Crippen molar-refractivity contribution in [3.8, 4) is 11.5 Å². The molecule has 2 aromatic carbocycles. The van der Waals surface area contributed by atoms with Crippen molar-refractivity contribution >= 4 is 21.6 Å². The van der Waals surface area contributed by atoms with Crippen molar-refractivity contribution in [3.63, 3.8) is 0 Å². The monoisotopic (exact) mass is 431 g/mol. The second-order valence-corrected chi connectivity index (χ2v) is 9.06. The van der Waals surface area contributed by atoms with Crippen molar-refractivity contribution in [1.29, 1.82) is 0 Å². The fraction of sp³-hybridized carbons (Fsp3) is 0.333. The van der Waals surface area contributed by atoms with E-state index < -0.39 is 15.9 Å². The van der Waals surface area contributed by atoms with E-state index in [0.29, 0.717) is 30.4 Å². The summed E-state index contributed by atoms with van der Waals surface area (Å²) in [7, 11) is -2.41. The number of benzene rings is 2. The molecule has 1 amide bonds. The van der Waals surface area contributed by atoms with E-state index in [1.54, 1.807) is 31.2 Å². The molecule has 0 aromatic heterocycles. The second kappa shape index (κ2) is 9.27. The smallest absolute Gasteiger partial charge is 0.255 e. The highest BCUT2D eigenvalue weighted by molar-refractivity contribution is 7.89. The van der Waals surface area contributed by atoms with Gasteiger partial charge in [-0.3, -0.25) is 4.79 Å². The molecular formula is C21H25N3O5S. The number of fused-ring (bicyclic) bond motifs is 1. The van der Waals surface area contributed by atoms with Gasteiger partial charge in [-0.2, -0.15) is 9.41 Å². The summed E-state index contributed by atoms with van der Waals surface area (Å²) in [5, 5.41) is 4.09. The number of rotatable bonds is 6. The average molecular weight is 432 g/mol. The first kappa shape index (κ1) is 21.8. The topological polar surface area (TPSA) is 97.3 Å². The zero-order chi connectivity index (χ0) is 21.7. The summed E-state index contributed by atoms with van der Waals surface area (Å²) >= 11 is 0. The zero-order valence-corrected chi connectivity index (χ0v) is 18.0. The molecule has 8 nitrogen and oxygen atoms in total. The van der Waals surface area contributed by atoms with Crippen LogP contribution in [-0.4, -0.2) is 51.1 Å². The van der Waals surface area contributed by atoms with Crippen molar-refractivity contribution in [1.82, 2.24) is 9.73 Å². The summed E-state index contributed by atoms with van der Waals surface area (Å²) in [6, 6.07) is 11.9. The molecule has 0 saturated carbocycles. The molecule has 0 aliphatic carbocycles. The lowest BCUT2D eigenvalue weighted by atomic mass is 10.1. The Kier molecular flexibility index (Phi) is 6.73. The van der Waals surface area contributed by atoms with E-state index in [-0.39, 0.29) is 11.4 Å². The Morgan fingerprint density at radius 3 is 2.47 bits per heavy atom. The second-order valence-electron chi connectivity index (χ2n) is 7.02. The predicted molar refractivity (Wildman–Crippen MR) is 113 cm³/mol. The molecule has 160 valence electrons. The molecule has 0 bridgehead atoms. The van der Waals surface area contributed by atoms with Crippen molar-refractivity contribution in [2.75, 3.05) is 26.8 Å². The summed E-state index contributed by atoms with van der Waals surface area (Å²) in [6.45, 7) is 4.44. The van der Waals surface area contributed by atoms with Gasteiger partial charge in [-0.15, -0.1) is 0 Å². The highest BCUT2D eigenvalue weighted by atomic mass is 32.2. The molecule has 0 unspecified atom stereocenters. The van der Waals surface area contributed by atoms with Gasteiger partial charge in [0, 0.05) is 19.0 Å². The Labute approximate surface area is 176 Å². The molecule has 0 atom stereocenters. The van der Waals surface area contributed by atoms with Crippen molar-refractivity contribution in [3.05, 3.63) is 53.6 Å². The molecule has 1 aliphatic rings. The SMILES string of the molecule is C/C(=N\NC(=O)CN(C)S(=O)(=O)c1ccc(C)cc1)c1ccc2c(c1)OCCCO2. The zero-order valence-electron chi connectivity index (χ0n) is 17.2. The third-order valence-electron chi connectivity index (χ3n) is 4.61. The van der Waals surface area contributed by atoms with Gasteiger partial charge in [-0.1, -0.05) is 17.7 Å². The van der Waals surface area contributed by atoms with E-state index in [4.69, 9.17) is 9.47 Å². The lowest BCUT2D eigenvalue weighted by Gasteiger charge is -2.16. The van der Waals surface area contributed by atoms with Gasteiger partial charge in [0.25, 0.3) is 5.91 Å². The van der Waals surface area contributed by atoms with Gasteiger partial charge in [0.2, 0.25) is 10.0 Å². The largest absolute Gasteiger partial charge is 0.490 e. The van der Waals surface area contributed by atoms with Crippen LogP contribution in [0.1, 0.15) is 24.5 Å². The summed E-state index contributed by atoms with van der Waals surface area (Å²) in [5.74, 6) is 0.771. The number of carbonyl (C=O) groups excluding carboxylic acids is 1. The maximum absolute atomic E-state index is 12.6. The van der Waals surface area contributed by atoms with Crippen LogP contribution in [0.15, 0.2) is 52.5 Å². The van der Waals surface area contributed by atoms with E-state index in [0.717, 1.165) is 21.9 Å². The maximum atomic E-state index is 12.6. The fourth-order valence-corrected chi connectivity index (χ4v) is 3.94. The fourth-order valence-electron chi connectivity index (χ4n) is 2.81. The lowest BCUT2D eigenvalue weighted by Crippen LogP contribution is -2.36. The molecule has 1 N–H and O–H groups in total. The standard InChI is InChI=1S/C21H25N3O5S/c1-15-5-8-18(9-6-15)30(26,27)24(3)14-21(25)23-22-16(2)17-7-10-19-20(13-17)29-12-4-11-28-19/h5-10,13H,4,11-12,14H2,1-3H3,(H,23,25)/b22-16+. The van der Waals surface area contributed by atoms with E-state index in [2.05, 4.69) is 10.5 Å². The highest BCUT2D eigenvalue weighted by Gasteiger charge is 2.22. The molecule has 1 aliphatic heterocycles. The van der Waals surface area contributed by atoms with Crippen LogP contribution in [0.25, 0.3) is 0 Å². The number of ether oxygens (including phenoxy) is 2. The number of likely N-dealkylation sites (N-methyl/N-ethyl adjacent to an activating group) is 1. The molecule has 30 heavy (non-hydrogen) atoms. The van der Waals surface area contributed by atoms with Crippen LogP contribution in [0.3, 0.4) is 0 Å². The van der Waals surface area contributed by atoms with Crippen LogP contribution in [0.2, 0.25) is 0 Å². The number of sulfonamides is 1. The summed E-state index contributed by atoms with van der Waals surface area (Å²) in [4.78, 5) is 12.4. The van der Waals surface area contributed by atoms with Crippen molar-refractivity contribution in [2.45, 2.75) is 25.2 Å². The number of carbonyl (C=O) groups is 1. The van der Waals surface area contributed by atoms with Gasteiger partial charge in [0.1, 0.15) is 0 Å². The van der Waals surface area contributed by atoms with Crippen LogP contribution >= 0.6 is 0 Å². The normalized spacial score (nSPS) is 14.3. The van der Waals surface area contributed by atoms with E-state index in [9.17, 15) is 13.2 Å². The molecule has 0 saturated heterocycles. The van der Waals surface area contributed by atoms with Gasteiger partial charge >= 0.3 is 0 Å². The van der Waals surface area contributed by atoms with E-state index in [1.807, 2.05) is 13.0 Å². The van der Waals surface area contributed by atoms with Crippen LogP contribution in [0.4, 0.5) is 0 Å². The Hall–Kier alpha value is -2.91. The van der Waals surface area contributed by atoms with Gasteiger partial charge in [-0.05, 0) is 44.2 Å². The molecule has 0 spiro atoms. The molecule has 2 aromatic rings. The summed E-state index contributed by atoms with van der Waals surface area (Å²) < 4.78 is 37.4. The number of nitrogens with zero attached hydrogens (tertiary/aromatic N) is 2. The summed E-state index contributed by atoms with van der Waals surface area (Å²) in [5.41, 5.74) is 4.68. The van der Waals surface area contributed by atoms with Crippen LogP contribution in [0.5, 0.6) is 11.5 Å². The van der Waals surface area contributed by atoms with Crippen LogP contribution in [0, 0.1) is 6.92 Å². The number of hydrogen-bond donors (Lipinski definition) is 1. The van der Waals surface area contributed by atoms with Gasteiger partial charge in [0.05, 0.1) is 30.4 Å². The Bertz CT molecular complexity index is 1050. The summed E-state index contributed by atoms with van der Waals surface area (Å²) in [6.07, 6.45) is 0.812. The highest BCUT2D eigenvalue weighted by Crippen LogP contribution is 2.30. The van der Waals surface area contributed by atoms with Crippen LogP contribution in [-0.2, 0) is 14.8 Å². The third-order valence-corrected chi connectivity index (χ3v) is 6.43. The number of amides is 1. The van der Waals surface area contributed by atoms with Crippen molar-refractivity contribution < 1.29 is 22.7 Å². The first-order chi connectivity index (χ1) is 14.3. The number of hydrogen-bond acceptors (Lipinski definition) is 6. The molecule has 1 heterocycles.